The molecule has 4 rings (SSSR count). The van der Waals surface area contributed by atoms with Gasteiger partial charge in [0.15, 0.2) is 0 Å². The number of hydrogen-bond acceptors (Lipinski definition) is 4. The molecule has 1 saturated heterocycles. The molecule has 4 nitrogen and oxygen atoms in total. The van der Waals surface area contributed by atoms with Gasteiger partial charge in [0, 0.05) is 25.2 Å². The Hall–Kier alpha value is -1.88. The normalized spacial score (nSPS) is 19.4. The predicted octanol–water partition coefficient (Wildman–Crippen LogP) is 4.08. The third-order valence-electron chi connectivity index (χ3n) is 6.38. The van der Waals surface area contributed by atoms with Gasteiger partial charge >= 0.3 is 0 Å². The van der Waals surface area contributed by atoms with Crippen LogP contribution in [0.3, 0.4) is 0 Å². The van der Waals surface area contributed by atoms with Gasteiger partial charge in [-0.3, -0.25) is 9.80 Å². The van der Waals surface area contributed by atoms with Gasteiger partial charge < -0.3 is 9.84 Å². The van der Waals surface area contributed by atoms with Gasteiger partial charge in [-0.2, -0.15) is 0 Å². The van der Waals surface area contributed by atoms with Crippen LogP contribution in [-0.4, -0.2) is 53.3 Å². The summed E-state index contributed by atoms with van der Waals surface area (Å²) in [5.74, 6) is 0.832. The first-order valence-corrected chi connectivity index (χ1v) is 11.0. The maximum absolute atomic E-state index is 10.3. The minimum Gasteiger partial charge on any atom is -0.491 e. The molecule has 1 heterocycles. The molecule has 2 fully saturated rings. The van der Waals surface area contributed by atoms with E-state index in [-0.39, 0.29) is 0 Å². The van der Waals surface area contributed by atoms with Crippen LogP contribution in [-0.2, 0) is 13.1 Å². The summed E-state index contributed by atoms with van der Waals surface area (Å²) in [5.41, 5.74) is 3.14. The summed E-state index contributed by atoms with van der Waals surface area (Å²) in [5, 5.41) is 10.3. The van der Waals surface area contributed by atoms with Crippen LogP contribution in [0.25, 0.3) is 0 Å². The quantitative estimate of drug-likeness (QED) is 0.695. The Kier molecular flexibility index (Phi) is 6.53. The number of benzene rings is 2. The molecule has 1 unspecified atom stereocenters. The van der Waals surface area contributed by atoms with E-state index in [4.69, 9.17) is 4.74 Å². The predicted molar refractivity (Wildman–Crippen MR) is 117 cm³/mol. The summed E-state index contributed by atoms with van der Waals surface area (Å²) in [6.07, 6.45) is 6.36. The van der Waals surface area contributed by atoms with Crippen molar-refractivity contribution in [2.24, 2.45) is 0 Å². The Morgan fingerprint density at radius 3 is 2.48 bits per heavy atom. The van der Waals surface area contributed by atoms with Gasteiger partial charge in [-0.25, -0.2) is 0 Å². The largest absolute Gasteiger partial charge is 0.491 e. The van der Waals surface area contributed by atoms with Crippen molar-refractivity contribution in [2.75, 3.05) is 26.7 Å². The van der Waals surface area contributed by atoms with E-state index in [0.717, 1.165) is 18.8 Å². The van der Waals surface area contributed by atoms with Gasteiger partial charge in [-0.15, -0.1) is 0 Å². The Balaban J connectivity index is 1.20. The second kappa shape index (κ2) is 9.29. The second-order valence-electron chi connectivity index (χ2n) is 8.89. The van der Waals surface area contributed by atoms with E-state index < -0.39 is 6.10 Å². The molecule has 1 saturated carbocycles. The molecule has 1 aliphatic heterocycles. The van der Waals surface area contributed by atoms with Gasteiger partial charge in [0.25, 0.3) is 0 Å². The highest BCUT2D eigenvalue weighted by atomic mass is 16.5. The Labute approximate surface area is 175 Å². The van der Waals surface area contributed by atoms with Crippen LogP contribution < -0.4 is 4.74 Å². The van der Waals surface area contributed by atoms with E-state index in [1.165, 1.54) is 49.8 Å². The molecule has 1 N–H and O–H groups in total. The van der Waals surface area contributed by atoms with E-state index in [9.17, 15) is 5.11 Å². The summed E-state index contributed by atoms with van der Waals surface area (Å²) >= 11 is 0. The Bertz CT molecular complexity index is 758. The highest BCUT2D eigenvalue weighted by Gasteiger charge is 2.48. The maximum atomic E-state index is 10.3. The molecule has 2 aromatic rings. The number of likely N-dealkylation sites (N-methyl/N-ethyl adjacent to an activating group) is 1. The van der Waals surface area contributed by atoms with E-state index in [1.807, 2.05) is 37.4 Å². The molecule has 1 spiro atoms. The van der Waals surface area contributed by atoms with Crippen molar-refractivity contribution in [2.45, 2.75) is 56.8 Å². The van der Waals surface area contributed by atoms with Gasteiger partial charge in [0.1, 0.15) is 18.5 Å². The number of nitrogens with zero attached hydrogens (tertiary/aromatic N) is 2. The number of piperidine rings is 1. The zero-order valence-corrected chi connectivity index (χ0v) is 17.6. The standard InChI is InChI=1S/C25H34N2O2/c1-26(17-21-7-3-2-4-8-21)19-23(28)20-29-24-11-9-22(10-12-24)18-27-16-6-5-13-25(27)14-15-25/h2-4,7-12,23,28H,5-6,13-20H2,1H3. The third-order valence-corrected chi connectivity index (χ3v) is 6.38. The van der Waals surface area contributed by atoms with Gasteiger partial charge in [0.05, 0.1) is 0 Å². The van der Waals surface area contributed by atoms with E-state index in [1.54, 1.807) is 0 Å². The summed E-state index contributed by atoms with van der Waals surface area (Å²) in [4.78, 5) is 4.82. The highest BCUT2D eigenvalue weighted by molar-refractivity contribution is 5.28. The molecule has 0 aromatic heterocycles. The van der Waals surface area contributed by atoms with Crippen LogP contribution in [0.2, 0.25) is 0 Å². The van der Waals surface area contributed by atoms with Gasteiger partial charge in [0.2, 0.25) is 0 Å². The third kappa shape index (κ3) is 5.59. The van der Waals surface area contributed by atoms with Crippen LogP contribution >= 0.6 is 0 Å². The molecule has 29 heavy (non-hydrogen) atoms. The first-order chi connectivity index (χ1) is 14.1. The minimum atomic E-state index is -0.508. The molecule has 1 aliphatic carbocycles. The van der Waals surface area contributed by atoms with Crippen molar-refractivity contribution >= 4 is 0 Å². The van der Waals surface area contributed by atoms with Crippen molar-refractivity contribution in [3.63, 3.8) is 0 Å². The Morgan fingerprint density at radius 2 is 1.76 bits per heavy atom. The SMILES string of the molecule is CN(Cc1ccccc1)CC(O)COc1ccc(CN2CCCCC23CC3)cc1. The first kappa shape index (κ1) is 20.4. The van der Waals surface area contributed by atoms with Crippen molar-refractivity contribution in [3.8, 4) is 5.75 Å². The van der Waals surface area contributed by atoms with Crippen molar-refractivity contribution in [1.82, 2.24) is 9.80 Å². The molecule has 156 valence electrons. The van der Waals surface area contributed by atoms with Crippen molar-refractivity contribution in [3.05, 3.63) is 65.7 Å². The maximum Gasteiger partial charge on any atom is 0.119 e. The average Bonchev–Trinajstić information content (AvgIpc) is 3.50. The number of ether oxygens (including phenoxy) is 1. The lowest BCUT2D eigenvalue weighted by molar-refractivity contribution is 0.0743. The molecule has 0 amide bonds. The van der Waals surface area contributed by atoms with Crippen LogP contribution in [0, 0.1) is 0 Å². The smallest absolute Gasteiger partial charge is 0.119 e. The number of likely N-dealkylation sites (tertiary alicyclic amines) is 1. The summed E-state index contributed by atoms with van der Waals surface area (Å²) < 4.78 is 5.83. The number of hydrogen-bond donors (Lipinski definition) is 1. The molecule has 1 atom stereocenters. The Morgan fingerprint density at radius 1 is 1.00 bits per heavy atom. The molecular formula is C25H34N2O2. The fourth-order valence-electron chi connectivity index (χ4n) is 4.59. The molecule has 4 heteroatoms. The second-order valence-corrected chi connectivity index (χ2v) is 8.89. The van der Waals surface area contributed by atoms with E-state index in [0.29, 0.717) is 18.7 Å². The number of aliphatic hydroxyl groups excluding tert-OH is 1. The number of rotatable bonds is 9. The first-order valence-electron chi connectivity index (χ1n) is 11.0. The summed E-state index contributed by atoms with van der Waals surface area (Å²) in [6.45, 7) is 4.01. The lowest BCUT2D eigenvalue weighted by atomic mass is 9.99. The minimum absolute atomic E-state index is 0.313. The molecule has 2 aromatic carbocycles. The zero-order valence-electron chi connectivity index (χ0n) is 17.6. The number of aliphatic hydroxyl groups is 1. The van der Waals surface area contributed by atoms with E-state index in [2.05, 4.69) is 34.1 Å². The van der Waals surface area contributed by atoms with Gasteiger partial charge in [-0.1, -0.05) is 48.9 Å². The van der Waals surface area contributed by atoms with Crippen molar-refractivity contribution in [1.29, 1.82) is 0 Å². The van der Waals surface area contributed by atoms with Crippen LogP contribution in [0.4, 0.5) is 0 Å². The van der Waals surface area contributed by atoms with Crippen LogP contribution in [0.1, 0.15) is 43.2 Å². The lowest BCUT2D eigenvalue weighted by Crippen LogP contribution is -2.40. The lowest BCUT2D eigenvalue weighted by Gasteiger charge is -2.36. The average molecular weight is 395 g/mol. The molecular weight excluding hydrogens is 360 g/mol. The van der Waals surface area contributed by atoms with Gasteiger partial charge in [-0.05, 0) is 62.5 Å². The molecule has 0 bridgehead atoms. The molecule has 0 radical (unpaired) electrons. The summed E-state index contributed by atoms with van der Waals surface area (Å²) in [6, 6.07) is 18.8. The highest BCUT2D eigenvalue weighted by Crippen LogP contribution is 2.48. The fourth-order valence-corrected chi connectivity index (χ4v) is 4.59. The van der Waals surface area contributed by atoms with Crippen LogP contribution in [0.5, 0.6) is 5.75 Å². The molecule has 2 aliphatic rings. The van der Waals surface area contributed by atoms with E-state index >= 15 is 0 Å². The van der Waals surface area contributed by atoms with Crippen LogP contribution in [0.15, 0.2) is 54.6 Å². The topological polar surface area (TPSA) is 35.9 Å². The fraction of sp³-hybridized carbons (Fsp3) is 0.520. The monoisotopic (exact) mass is 394 g/mol. The summed E-state index contributed by atoms with van der Waals surface area (Å²) in [7, 11) is 2.03. The van der Waals surface area contributed by atoms with Crippen molar-refractivity contribution < 1.29 is 9.84 Å². The zero-order chi connectivity index (χ0) is 20.1.